The molecule has 3 rings (SSSR count). The van der Waals surface area contributed by atoms with Gasteiger partial charge in [-0.05, 0) is 24.5 Å². The van der Waals surface area contributed by atoms with Crippen LogP contribution in [0.1, 0.15) is 12.8 Å². The molecule has 0 saturated heterocycles. The average Bonchev–Trinajstić information content (AvgIpc) is 2.44. The molecule has 1 aliphatic rings. The maximum Gasteiger partial charge on any atom is 0.308 e. The van der Waals surface area contributed by atoms with E-state index in [1.54, 1.807) is 0 Å². The number of rotatable bonds is 4. The van der Waals surface area contributed by atoms with Gasteiger partial charge in [0.2, 0.25) is 0 Å². The summed E-state index contributed by atoms with van der Waals surface area (Å²) in [6.07, 6.45) is 1.68. The molecule has 0 radical (unpaired) electrons. The molecule has 1 fully saturated rings. The predicted molar refractivity (Wildman–Crippen MR) is 79.6 cm³/mol. The number of carboxylic acid groups (broad SMARTS) is 1. The molecule has 2 N–H and O–H groups in total. The van der Waals surface area contributed by atoms with Gasteiger partial charge in [0.15, 0.2) is 0 Å². The molecule has 1 aliphatic carbocycles. The van der Waals surface area contributed by atoms with E-state index in [-0.39, 0.29) is 12.0 Å². The Kier molecular flexibility index (Phi) is 3.42. The van der Waals surface area contributed by atoms with Crippen molar-refractivity contribution in [1.29, 1.82) is 0 Å². The smallest absolute Gasteiger partial charge is 0.308 e. The van der Waals surface area contributed by atoms with Gasteiger partial charge < -0.3 is 10.4 Å². The molecule has 0 aliphatic heterocycles. The van der Waals surface area contributed by atoms with Crippen molar-refractivity contribution in [2.24, 2.45) is 5.92 Å². The minimum atomic E-state index is -0.703. The Bertz CT molecular complexity index is 609. The molecule has 0 bridgehead atoms. The van der Waals surface area contributed by atoms with Gasteiger partial charge in [-0.25, -0.2) is 0 Å². The van der Waals surface area contributed by atoms with Crippen LogP contribution in [0.4, 0.5) is 5.69 Å². The summed E-state index contributed by atoms with van der Waals surface area (Å²) in [6.45, 7) is 0. The summed E-state index contributed by atoms with van der Waals surface area (Å²) in [5.74, 6) is -0.968. The molecule has 2 unspecified atom stereocenters. The van der Waals surface area contributed by atoms with Crippen molar-refractivity contribution in [2.45, 2.75) is 18.9 Å². The number of anilines is 1. The Hall–Kier alpha value is -2.29. The van der Waals surface area contributed by atoms with Crippen molar-refractivity contribution in [2.75, 3.05) is 5.32 Å². The van der Waals surface area contributed by atoms with Crippen LogP contribution in [-0.2, 0) is 4.79 Å². The molecule has 1 saturated carbocycles. The molecule has 20 heavy (non-hydrogen) atoms. The van der Waals surface area contributed by atoms with Crippen LogP contribution in [0.5, 0.6) is 0 Å². The average molecular weight is 267 g/mol. The highest BCUT2D eigenvalue weighted by atomic mass is 16.4. The monoisotopic (exact) mass is 267 g/mol. The molecule has 0 spiro atoms. The summed E-state index contributed by atoms with van der Waals surface area (Å²) in [6, 6.07) is 18.2. The first kappa shape index (κ1) is 12.7. The maximum atomic E-state index is 11.1. The van der Waals surface area contributed by atoms with Gasteiger partial charge in [0.25, 0.3) is 0 Å². The number of hydrogen-bond acceptors (Lipinski definition) is 2. The third-order valence-electron chi connectivity index (χ3n) is 3.94. The molecule has 3 heteroatoms. The lowest BCUT2D eigenvalue weighted by atomic mass is 9.79. The lowest BCUT2D eigenvalue weighted by Gasteiger charge is -2.35. The Morgan fingerprint density at radius 1 is 1.00 bits per heavy atom. The van der Waals surface area contributed by atoms with Crippen LogP contribution in [0, 0.1) is 5.92 Å². The van der Waals surface area contributed by atoms with E-state index in [2.05, 4.69) is 23.5 Å². The fourth-order valence-corrected chi connectivity index (χ4v) is 2.65. The number of nitrogens with one attached hydrogen (secondary N) is 1. The lowest BCUT2D eigenvalue weighted by Crippen LogP contribution is -2.43. The van der Waals surface area contributed by atoms with E-state index in [9.17, 15) is 4.79 Å². The summed E-state index contributed by atoms with van der Waals surface area (Å²) < 4.78 is 0. The SMILES string of the molecule is O=C(O)C1CCC1Nc1ccccc1-c1ccccc1. The first-order valence-corrected chi connectivity index (χ1v) is 6.89. The van der Waals surface area contributed by atoms with E-state index in [0.29, 0.717) is 0 Å². The number of hydrogen-bond donors (Lipinski definition) is 2. The molecule has 2 aromatic rings. The molecule has 2 aromatic carbocycles. The van der Waals surface area contributed by atoms with Crippen LogP contribution in [0.2, 0.25) is 0 Å². The largest absolute Gasteiger partial charge is 0.481 e. The van der Waals surface area contributed by atoms with Gasteiger partial charge >= 0.3 is 5.97 Å². The summed E-state index contributed by atoms with van der Waals surface area (Å²) in [5, 5.41) is 12.5. The highest BCUT2D eigenvalue weighted by Crippen LogP contribution is 2.34. The molecule has 0 aromatic heterocycles. The third-order valence-corrected chi connectivity index (χ3v) is 3.94. The zero-order valence-electron chi connectivity index (χ0n) is 11.1. The number of benzene rings is 2. The Morgan fingerprint density at radius 3 is 2.35 bits per heavy atom. The second-order valence-electron chi connectivity index (χ2n) is 5.18. The zero-order valence-corrected chi connectivity index (χ0v) is 11.1. The first-order valence-electron chi connectivity index (χ1n) is 6.89. The summed E-state index contributed by atoms with van der Waals surface area (Å²) in [5.41, 5.74) is 3.26. The van der Waals surface area contributed by atoms with Crippen molar-refractivity contribution in [3.63, 3.8) is 0 Å². The van der Waals surface area contributed by atoms with Gasteiger partial charge in [-0.3, -0.25) is 4.79 Å². The number of carboxylic acids is 1. The second kappa shape index (κ2) is 5.37. The Balaban J connectivity index is 1.86. The van der Waals surface area contributed by atoms with Crippen molar-refractivity contribution in [3.05, 3.63) is 54.6 Å². The first-order chi connectivity index (χ1) is 9.75. The van der Waals surface area contributed by atoms with Gasteiger partial charge in [0, 0.05) is 17.3 Å². The molecular weight excluding hydrogens is 250 g/mol. The molecular formula is C17H17NO2. The summed E-state index contributed by atoms with van der Waals surface area (Å²) >= 11 is 0. The standard InChI is InChI=1S/C17H17NO2/c19-17(20)14-10-11-16(14)18-15-9-5-4-8-13(15)12-6-2-1-3-7-12/h1-9,14,16,18H,10-11H2,(H,19,20). The summed E-state index contributed by atoms with van der Waals surface area (Å²) in [7, 11) is 0. The summed E-state index contributed by atoms with van der Waals surface area (Å²) in [4.78, 5) is 11.1. The topological polar surface area (TPSA) is 49.3 Å². The van der Waals surface area contributed by atoms with E-state index in [0.717, 1.165) is 29.7 Å². The van der Waals surface area contributed by atoms with E-state index < -0.39 is 5.97 Å². The lowest BCUT2D eigenvalue weighted by molar-refractivity contribution is -0.144. The minimum absolute atomic E-state index is 0.0392. The van der Waals surface area contributed by atoms with E-state index in [4.69, 9.17) is 5.11 Å². The van der Waals surface area contributed by atoms with Crippen LogP contribution in [0.25, 0.3) is 11.1 Å². The van der Waals surface area contributed by atoms with E-state index >= 15 is 0 Å². The molecule has 102 valence electrons. The van der Waals surface area contributed by atoms with Gasteiger partial charge in [0.1, 0.15) is 0 Å². The number of carbonyl (C=O) groups is 1. The van der Waals surface area contributed by atoms with Crippen LogP contribution in [0.3, 0.4) is 0 Å². The highest BCUT2D eigenvalue weighted by molar-refractivity contribution is 5.79. The van der Waals surface area contributed by atoms with Crippen LogP contribution >= 0.6 is 0 Å². The number of para-hydroxylation sites is 1. The molecule has 0 heterocycles. The van der Waals surface area contributed by atoms with Gasteiger partial charge in [-0.1, -0.05) is 48.5 Å². The maximum absolute atomic E-state index is 11.1. The predicted octanol–water partition coefficient (Wildman–Crippen LogP) is 3.63. The van der Waals surface area contributed by atoms with Crippen molar-refractivity contribution >= 4 is 11.7 Å². The Labute approximate surface area is 118 Å². The quantitative estimate of drug-likeness (QED) is 0.889. The third kappa shape index (κ3) is 2.39. The van der Waals surface area contributed by atoms with Crippen LogP contribution < -0.4 is 5.32 Å². The normalized spacial score (nSPS) is 21.0. The van der Waals surface area contributed by atoms with Crippen molar-refractivity contribution < 1.29 is 9.90 Å². The second-order valence-corrected chi connectivity index (χ2v) is 5.18. The molecule has 2 atom stereocenters. The zero-order chi connectivity index (χ0) is 13.9. The van der Waals surface area contributed by atoms with Gasteiger partial charge in [-0.15, -0.1) is 0 Å². The van der Waals surface area contributed by atoms with Crippen LogP contribution in [-0.4, -0.2) is 17.1 Å². The van der Waals surface area contributed by atoms with Gasteiger partial charge in [0.05, 0.1) is 5.92 Å². The van der Waals surface area contributed by atoms with Crippen LogP contribution in [0.15, 0.2) is 54.6 Å². The van der Waals surface area contributed by atoms with E-state index in [1.807, 2.05) is 36.4 Å². The van der Waals surface area contributed by atoms with Gasteiger partial charge in [-0.2, -0.15) is 0 Å². The highest BCUT2D eigenvalue weighted by Gasteiger charge is 2.36. The minimum Gasteiger partial charge on any atom is -0.481 e. The van der Waals surface area contributed by atoms with Crippen molar-refractivity contribution in [3.8, 4) is 11.1 Å². The van der Waals surface area contributed by atoms with E-state index in [1.165, 1.54) is 0 Å². The Morgan fingerprint density at radius 2 is 1.70 bits per heavy atom. The van der Waals surface area contributed by atoms with Crippen molar-refractivity contribution in [1.82, 2.24) is 0 Å². The fourth-order valence-electron chi connectivity index (χ4n) is 2.65. The molecule has 0 amide bonds. The molecule has 3 nitrogen and oxygen atoms in total. The number of aliphatic carboxylic acids is 1. The fraction of sp³-hybridized carbons (Fsp3) is 0.235.